The van der Waals surface area contributed by atoms with Crippen molar-refractivity contribution >= 4 is 46.4 Å². The molecule has 0 unspecified atom stereocenters. The standard InChI is InChI=1S/C6H12O8.Al.Mg.5H/c7-1-2(8)3(9)4(10)5(11)6(12)14-13;;;;;;;/h2-5,7-11,13H,1H2;;;;;;;/q;;+2;;;;2*-1/t2-,3-,4+,5-;;;;;;;/m1......./s1. The SMILES string of the molecule is O=C(OO)[C@H](O)[C@@H](O)[C@H](O)[C@H](O)CO.[AlH3].[H-].[H-].[Mg+2]. The van der Waals surface area contributed by atoms with Crippen LogP contribution in [0.1, 0.15) is 2.85 Å². The molecule has 0 heterocycles. The molecule has 94 valence electrons. The molecule has 0 rings (SSSR count). The van der Waals surface area contributed by atoms with Crippen LogP contribution in [0.3, 0.4) is 0 Å². The van der Waals surface area contributed by atoms with Gasteiger partial charge in [0, 0.05) is 0 Å². The van der Waals surface area contributed by atoms with Gasteiger partial charge in [-0.25, -0.2) is 4.79 Å². The van der Waals surface area contributed by atoms with Gasteiger partial charge in [-0.2, -0.15) is 5.26 Å². The van der Waals surface area contributed by atoms with Gasteiger partial charge >= 0.3 is 29.0 Å². The van der Waals surface area contributed by atoms with Crippen molar-refractivity contribution in [3.63, 3.8) is 0 Å². The van der Waals surface area contributed by atoms with E-state index in [4.69, 9.17) is 30.8 Å². The Hall–Kier alpha value is 0.529. The molecule has 4 atom stereocenters. The maximum absolute atomic E-state index is 10.4. The van der Waals surface area contributed by atoms with E-state index >= 15 is 0 Å². The van der Waals surface area contributed by atoms with E-state index in [0.29, 0.717) is 0 Å². The molecule has 16 heavy (non-hydrogen) atoms. The number of aliphatic hydroxyl groups excluding tert-OH is 5. The molecule has 0 radical (unpaired) electrons. The van der Waals surface area contributed by atoms with E-state index in [1.807, 2.05) is 0 Å². The second-order valence-electron chi connectivity index (χ2n) is 2.59. The first-order valence-corrected chi connectivity index (χ1v) is 3.64. The van der Waals surface area contributed by atoms with E-state index in [-0.39, 0.29) is 43.3 Å². The van der Waals surface area contributed by atoms with E-state index in [0.717, 1.165) is 0 Å². The van der Waals surface area contributed by atoms with Crippen molar-refractivity contribution in [2.24, 2.45) is 0 Å². The summed E-state index contributed by atoms with van der Waals surface area (Å²) in [7, 11) is 0. The van der Waals surface area contributed by atoms with Crippen molar-refractivity contribution in [2.45, 2.75) is 24.4 Å². The van der Waals surface area contributed by atoms with Gasteiger partial charge in [-0.05, 0) is 0 Å². The minimum Gasteiger partial charge on any atom is -1.00 e. The summed E-state index contributed by atoms with van der Waals surface area (Å²) in [6, 6.07) is 0. The van der Waals surface area contributed by atoms with Crippen LogP contribution in [0.4, 0.5) is 0 Å². The normalized spacial score (nSPS) is 17.1. The number of rotatable bonds is 5. The summed E-state index contributed by atoms with van der Waals surface area (Å²) in [5.41, 5.74) is 0. The third-order valence-electron chi connectivity index (χ3n) is 1.59. The summed E-state index contributed by atoms with van der Waals surface area (Å²) in [6.45, 7) is -0.862. The van der Waals surface area contributed by atoms with Crippen LogP contribution in [-0.4, -0.2) is 108 Å². The maximum atomic E-state index is 10.4. The molecule has 0 bridgehead atoms. The molecule has 6 N–H and O–H groups in total. The van der Waals surface area contributed by atoms with E-state index in [1.165, 1.54) is 0 Å². The second-order valence-corrected chi connectivity index (χ2v) is 2.59. The summed E-state index contributed by atoms with van der Waals surface area (Å²) >= 11 is 0. The van der Waals surface area contributed by atoms with Crippen LogP contribution in [0.15, 0.2) is 0 Å². The van der Waals surface area contributed by atoms with Gasteiger partial charge in [-0.15, -0.1) is 0 Å². The molecular weight excluding hydrogens is 251 g/mol. The average molecular weight is 268 g/mol. The van der Waals surface area contributed by atoms with Crippen LogP contribution >= 0.6 is 0 Å². The average Bonchev–Trinajstić information content (AvgIpc) is 2.23. The van der Waals surface area contributed by atoms with E-state index in [2.05, 4.69) is 4.89 Å². The van der Waals surface area contributed by atoms with Gasteiger partial charge in [0.15, 0.2) is 23.5 Å². The van der Waals surface area contributed by atoms with Gasteiger partial charge in [0.1, 0.15) is 18.3 Å². The minimum atomic E-state index is -2.21. The van der Waals surface area contributed by atoms with Gasteiger partial charge in [0.25, 0.3) is 0 Å². The van der Waals surface area contributed by atoms with Crippen molar-refractivity contribution in [2.75, 3.05) is 6.61 Å². The molecule has 0 aliphatic carbocycles. The second kappa shape index (κ2) is 10.7. The molecule has 0 amide bonds. The van der Waals surface area contributed by atoms with E-state index in [1.54, 1.807) is 0 Å². The van der Waals surface area contributed by atoms with Crippen LogP contribution in [-0.2, 0) is 9.68 Å². The quantitative estimate of drug-likeness (QED) is 0.165. The van der Waals surface area contributed by atoms with Gasteiger partial charge in [-0.3, -0.25) is 4.89 Å². The molecule has 0 saturated carbocycles. The fraction of sp³-hybridized carbons (Fsp3) is 0.833. The molecule has 10 heteroatoms. The topological polar surface area (TPSA) is 148 Å². The van der Waals surface area contributed by atoms with Crippen LogP contribution in [0.2, 0.25) is 0 Å². The molecule has 0 aromatic rings. The minimum absolute atomic E-state index is 0. The Balaban J connectivity index is -0.000000141. The van der Waals surface area contributed by atoms with Crippen molar-refractivity contribution in [1.29, 1.82) is 0 Å². The van der Waals surface area contributed by atoms with Crippen LogP contribution in [0.5, 0.6) is 0 Å². The van der Waals surface area contributed by atoms with E-state index in [9.17, 15) is 4.79 Å². The van der Waals surface area contributed by atoms with Crippen LogP contribution < -0.4 is 0 Å². The van der Waals surface area contributed by atoms with Gasteiger partial charge in [0.2, 0.25) is 0 Å². The molecule has 8 nitrogen and oxygen atoms in total. The fourth-order valence-electron chi connectivity index (χ4n) is 0.716. The van der Waals surface area contributed by atoms with Gasteiger partial charge < -0.3 is 28.4 Å². The van der Waals surface area contributed by atoms with Crippen molar-refractivity contribution in [1.82, 2.24) is 0 Å². The first kappa shape index (κ1) is 21.8. The number of carbonyl (C=O) groups is 1. The fourth-order valence-corrected chi connectivity index (χ4v) is 0.716. The molecule has 0 aromatic heterocycles. The number of aliphatic hydroxyl groups is 5. The molecular formula is C6H17AlMgO8. The zero-order valence-electron chi connectivity index (χ0n) is 9.72. The molecule has 0 saturated heterocycles. The van der Waals surface area contributed by atoms with E-state index < -0.39 is 37.0 Å². The predicted molar refractivity (Wildman–Crippen MR) is 57.8 cm³/mol. The zero-order valence-corrected chi connectivity index (χ0v) is 9.14. The van der Waals surface area contributed by atoms with Gasteiger partial charge in [-0.1, -0.05) is 0 Å². The Morgan fingerprint density at radius 3 is 1.94 bits per heavy atom. The third-order valence-corrected chi connectivity index (χ3v) is 1.59. The van der Waals surface area contributed by atoms with Gasteiger partial charge in [0.05, 0.1) is 6.61 Å². The zero-order chi connectivity index (χ0) is 11.3. The summed E-state index contributed by atoms with van der Waals surface area (Å²) in [5.74, 6) is -1.58. The molecule has 0 fully saturated rings. The smallest absolute Gasteiger partial charge is 1.00 e. The van der Waals surface area contributed by atoms with Crippen molar-refractivity contribution in [3.8, 4) is 0 Å². The Morgan fingerprint density at radius 2 is 1.62 bits per heavy atom. The summed E-state index contributed by atoms with van der Waals surface area (Å²) in [5, 5.41) is 51.9. The molecule has 0 aliphatic heterocycles. The number of hydrogen-bond donors (Lipinski definition) is 6. The third kappa shape index (κ3) is 6.31. The van der Waals surface area contributed by atoms with Crippen molar-refractivity contribution in [3.05, 3.63) is 0 Å². The summed E-state index contributed by atoms with van der Waals surface area (Å²) in [6.07, 6.45) is -7.94. The Kier molecular flexibility index (Phi) is 14.5. The largest absolute Gasteiger partial charge is 2.00 e. The Bertz CT molecular complexity index is 202. The van der Waals surface area contributed by atoms with Crippen LogP contribution in [0, 0.1) is 0 Å². The number of hydrogen-bond acceptors (Lipinski definition) is 8. The first-order chi connectivity index (χ1) is 6.45. The first-order valence-electron chi connectivity index (χ1n) is 3.64. The number of carbonyl (C=O) groups excluding carboxylic acids is 1. The molecule has 0 aromatic carbocycles. The van der Waals surface area contributed by atoms with Crippen molar-refractivity contribution < 1.29 is 43.3 Å². The Morgan fingerprint density at radius 1 is 1.19 bits per heavy atom. The summed E-state index contributed by atoms with van der Waals surface area (Å²) < 4.78 is 0. The van der Waals surface area contributed by atoms with Crippen LogP contribution in [0.25, 0.3) is 0 Å². The molecule has 0 spiro atoms. The molecule has 0 aliphatic rings. The Labute approximate surface area is 121 Å². The monoisotopic (exact) mass is 268 g/mol. The maximum Gasteiger partial charge on any atom is 2.00 e. The predicted octanol–water partition coefficient (Wildman–Crippen LogP) is -4.90. The summed E-state index contributed by atoms with van der Waals surface area (Å²) in [4.78, 5) is 13.5.